The predicted octanol–water partition coefficient (Wildman–Crippen LogP) is 1.61. The van der Waals surface area contributed by atoms with Crippen molar-refractivity contribution >= 4 is 0 Å². The first-order valence-electron chi connectivity index (χ1n) is 5.78. The quantitative estimate of drug-likeness (QED) is 0.663. The lowest BCUT2D eigenvalue weighted by Gasteiger charge is -2.46. The molecule has 2 nitrogen and oxygen atoms in total. The van der Waals surface area contributed by atoms with Crippen LogP contribution in [0.4, 0.5) is 0 Å². The molecule has 2 aliphatic rings. The normalized spacial score (nSPS) is 41.5. The lowest BCUT2D eigenvalue weighted by atomic mass is 9.81. The molecule has 76 valence electrons. The van der Waals surface area contributed by atoms with Gasteiger partial charge in [0, 0.05) is 11.6 Å². The Hall–Kier alpha value is -0.0800. The van der Waals surface area contributed by atoms with Gasteiger partial charge in [-0.3, -0.25) is 4.90 Å². The van der Waals surface area contributed by atoms with Crippen LogP contribution < -0.4 is 5.32 Å². The highest BCUT2D eigenvalue weighted by Crippen LogP contribution is 2.37. The van der Waals surface area contributed by atoms with Gasteiger partial charge in [0.15, 0.2) is 0 Å². The van der Waals surface area contributed by atoms with Crippen molar-refractivity contribution < 1.29 is 0 Å². The molecule has 0 radical (unpaired) electrons. The molecule has 2 heterocycles. The molecule has 13 heavy (non-hydrogen) atoms. The first kappa shape index (κ1) is 9.47. The van der Waals surface area contributed by atoms with Crippen LogP contribution in [0.3, 0.4) is 0 Å². The van der Waals surface area contributed by atoms with E-state index in [2.05, 4.69) is 24.1 Å². The van der Waals surface area contributed by atoms with Crippen LogP contribution in [0, 0.1) is 0 Å². The van der Waals surface area contributed by atoms with Crippen molar-refractivity contribution in [3.05, 3.63) is 0 Å². The largest absolute Gasteiger partial charge is 0.312 e. The maximum atomic E-state index is 3.64. The van der Waals surface area contributed by atoms with E-state index in [9.17, 15) is 0 Å². The van der Waals surface area contributed by atoms with Gasteiger partial charge in [0.2, 0.25) is 0 Å². The highest BCUT2D eigenvalue weighted by Gasteiger charge is 2.45. The van der Waals surface area contributed by atoms with E-state index in [0.717, 1.165) is 0 Å². The second kappa shape index (κ2) is 3.58. The first-order chi connectivity index (χ1) is 6.29. The highest BCUT2D eigenvalue weighted by atomic mass is 15.3. The number of likely N-dealkylation sites (N-methyl/N-ethyl adjacent to an activating group) is 1. The summed E-state index contributed by atoms with van der Waals surface area (Å²) in [6, 6.07) is 0.698. The smallest absolute Gasteiger partial charge is 0.0360 e. The third kappa shape index (κ3) is 1.40. The summed E-state index contributed by atoms with van der Waals surface area (Å²) in [4.78, 5) is 2.70. The number of piperidine rings is 1. The fourth-order valence-electron chi connectivity index (χ4n) is 3.32. The van der Waals surface area contributed by atoms with Crippen molar-refractivity contribution in [1.29, 1.82) is 0 Å². The third-order valence-electron chi connectivity index (χ3n) is 4.09. The fourth-order valence-corrected chi connectivity index (χ4v) is 3.32. The van der Waals surface area contributed by atoms with Crippen LogP contribution >= 0.6 is 0 Å². The molecule has 1 spiro atoms. The average Bonchev–Trinajstić information content (AvgIpc) is 2.55. The Kier molecular flexibility index (Phi) is 2.61. The molecule has 0 saturated carbocycles. The molecule has 2 saturated heterocycles. The van der Waals surface area contributed by atoms with Crippen LogP contribution in [0.25, 0.3) is 0 Å². The van der Waals surface area contributed by atoms with Gasteiger partial charge in [0.25, 0.3) is 0 Å². The SMILES string of the molecule is CCN1CCCC12CCCNC2C. The molecule has 2 atom stereocenters. The summed E-state index contributed by atoms with van der Waals surface area (Å²) in [5, 5.41) is 3.64. The molecule has 2 aliphatic heterocycles. The van der Waals surface area contributed by atoms with Gasteiger partial charge in [0.1, 0.15) is 0 Å². The summed E-state index contributed by atoms with van der Waals surface area (Å²) in [5.41, 5.74) is 0.521. The maximum absolute atomic E-state index is 3.64. The maximum Gasteiger partial charge on any atom is 0.0360 e. The van der Waals surface area contributed by atoms with Crippen molar-refractivity contribution in [1.82, 2.24) is 10.2 Å². The number of likely N-dealkylation sites (tertiary alicyclic amines) is 1. The zero-order valence-electron chi connectivity index (χ0n) is 8.97. The predicted molar refractivity (Wildman–Crippen MR) is 55.9 cm³/mol. The lowest BCUT2D eigenvalue weighted by Crippen LogP contribution is -2.60. The van der Waals surface area contributed by atoms with Gasteiger partial charge in [0.05, 0.1) is 0 Å². The van der Waals surface area contributed by atoms with Crippen molar-refractivity contribution in [2.45, 2.75) is 51.1 Å². The Labute approximate surface area is 81.7 Å². The van der Waals surface area contributed by atoms with E-state index in [-0.39, 0.29) is 0 Å². The lowest BCUT2D eigenvalue weighted by molar-refractivity contribution is 0.0728. The van der Waals surface area contributed by atoms with Crippen LogP contribution in [0.15, 0.2) is 0 Å². The van der Waals surface area contributed by atoms with Gasteiger partial charge in [-0.1, -0.05) is 6.92 Å². The molecule has 0 bridgehead atoms. The van der Waals surface area contributed by atoms with Gasteiger partial charge < -0.3 is 5.32 Å². The Bertz CT molecular complexity index is 181. The van der Waals surface area contributed by atoms with Crippen LogP contribution in [0.1, 0.15) is 39.5 Å². The minimum Gasteiger partial charge on any atom is -0.312 e. The summed E-state index contributed by atoms with van der Waals surface area (Å²) in [5.74, 6) is 0. The van der Waals surface area contributed by atoms with E-state index < -0.39 is 0 Å². The van der Waals surface area contributed by atoms with Gasteiger partial charge in [-0.05, 0) is 52.2 Å². The Morgan fingerprint density at radius 2 is 2.15 bits per heavy atom. The zero-order chi connectivity index (χ0) is 9.31. The number of rotatable bonds is 1. The molecule has 0 aromatic carbocycles. The molecule has 0 amide bonds. The van der Waals surface area contributed by atoms with Gasteiger partial charge >= 0.3 is 0 Å². The first-order valence-corrected chi connectivity index (χ1v) is 5.78. The number of nitrogens with one attached hydrogen (secondary N) is 1. The van der Waals surface area contributed by atoms with E-state index in [1.807, 2.05) is 0 Å². The van der Waals surface area contributed by atoms with Crippen LogP contribution in [-0.4, -0.2) is 36.1 Å². The monoisotopic (exact) mass is 182 g/mol. The van der Waals surface area contributed by atoms with Gasteiger partial charge in [-0.25, -0.2) is 0 Å². The van der Waals surface area contributed by atoms with Gasteiger partial charge in [-0.2, -0.15) is 0 Å². The highest BCUT2D eigenvalue weighted by molar-refractivity contribution is 5.04. The van der Waals surface area contributed by atoms with Crippen LogP contribution in [0.2, 0.25) is 0 Å². The molecular weight excluding hydrogens is 160 g/mol. The summed E-state index contributed by atoms with van der Waals surface area (Å²) in [7, 11) is 0. The van der Waals surface area contributed by atoms with Crippen molar-refractivity contribution in [3.8, 4) is 0 Å². The third-order valence-corrected chi connectivity index (χ3v) is 4.09. The fraction of sp³-hybridized carbons (Fsp3) is 1.00. The summed E-state index contributed by atoms with van der Waals surface area (Å²) < 4.78 is 0. The van der Waals surface area contributed by atoms with Crippen molar-refractivity contribution in [3.63, 3.8) is 0 Å². The van der Waals surface area contributed by atoms with E-state index in [1.54, 1.807) is 0 Å². The van der Waals surface area contributed by atoms with Crippen molar-refractivity contribution in [2.24, 2.45) is 0 Å². The molecule has 2 fully saturated rings. The summed E-state index contributed by atoms with van der Waals surface area (Å²) >= 11 is 0. The Morgan fingerprint density at radius 1 is 1.38 bits per heavy atom. The molecule has 0 aromatic heterocycles. The molecule has 2 heteroatoms. The topological polar surface area (TPSA) is 15.3 Å². The van der Waals surface area contributed by atoms with E-state index in [4.69, 9.17) is 0 Å². The molecule has 0 aliphatic carbocycles. The minimum absolute atomic E-state index is 0.521. The number of hydrogen-bond donors (Lipinski definition) is 1. The second-order valence-corrected chi connectivity index (χ2v) is 4.57. The Balaban J connectivity index is 2.15. The zero-order valence-corrected chi connectivity index (χ0v) is 8.97. The summed E-state index contributed by atoms with van der Waals surface area (Å²) in [6.45, 7) is 8.44. The molecule has 2 rings (SSSR count). The molecule has 0 aromatic rings. The van der Waals surface area contributed by atoms with E-state index >= 15 is 0 Å². The van der Waals surface area contributed by atoms with Crippen LogP contribution in [0.5, 0.6) is 0 Å². The molecule has 1 N–H and O–H groups in total. The van der Waals surface area contributed by atoms with Gasteiger partial charge in [-0.15, -0.1) is 0 Å². The van der Waals surface area contributed by atoms with Crippen molar-refractivity contribution in [2.75, 3.05) is 19.6 Å². The van der Waals surface area contributed by atoms with E-state index in [1.165, 1.54) is 45.3 Å². The number of nitrogens with zero attached hydrogens (tertiary/aromatic N) is 1. The molecular formula is C11H22N2. The second-order valence-electron chi connectivity index (χ2n) is 4.57. The minimum atomic E-state index is 0.521. The Morgan fingerprint density at radius 3 is 2.85 bits per heavy atom. The summed E-state index contributed by atoms with van der Waals surface area (Å²) in [6.07, 6.45) is 5.59. The molecule has 2 unspecified atom stereocenters. The standard InChI is InChI=1S/C11H22N2/c1-3-13-9-5-7-11(13)6-4-8-12-10(11)2/h10,12H,3-9H2,1-2H3. The van der Waals surface area contributed by atoms with Crippen LogP contribution in [-0.2, 0) is 0 Å². The number of hydrogen-bond acceptors (Lipinski definition) is 2. The van der Waals surface area contributed by atoms with E-state index in [0.29, 0.717) is 11.6 Å². The average molecular weight is 182 g/mol.